The molecule has 0 saturated carbocycles. The van der Waals surface area contributed by atoms with Gasteiger partial charge in [-0.3, -0.25) is 0 Å². The van der Waals surface area contributed by atoms with Gasteiger partial charge in [0.05, 0.1) is 3.79 Å². The predicted molar refractivity (Wildman–Crippen MR) is 69.6 cm³/mol. The van der Waals surface area contributed by atoms with Gasteiger partial charge in [0, 0.05) is 19.0 Å². The van der Waals surface area contributed by atoms with E-state index in [4.69, 9.17) is 0 Å². The van der Waals surface area contributed by atoms with Crippen LogP contribution in [0, 0.1) is 5.92 Å². The van der Waals surface area contributed by atoms with Crippen molar-refractivity contribution in [2.24, 2.45) is 5.92 Å². The zero-order valence-corrected chi connectivity index (χ0v) is 12.2. The van der Waals surface area contributed by atoms with Gasteiger partial charge >= 0.3 is 0 Å². The standard InChI is InChI=1S/C10H12BrNO3S2/c11-9-1-2-10(16-9)17(14,15)12-5-3-8(7-13)4-6-12/h1-2,7-8H,3-6H2. The third-order valence-corrected chi connectivity index (χ3v) is 6.82. The molecule has 0 aliphatic carbocycles. The van der Waals surface area contributed by atoms with E-state index in [1.54, 1.807) is 12.1 Å². The van der Waals surface area contributed by atoms with Gasteiger partial charge in [0.2, 0.25) is 0 Å². The number of rotatable bonds is 3. The zero-order valence-electron chi connectivity index (χ0n) is 9.00. The number of nitrogens with zero attached hydrogens (tertiary/aromatic N) is 1. The molecule has 1 aliphatic rings. The first-order valence-corrected chi connectivity index (χ1v) is 8.30. The van der Waals surface area contributed by atoms with Crippen molar-refractivity contribution >= 4 is 43.6 Å². The summed E-state index contributed by atoms with van der Waals surface area (Å²) in [6, 6.07) is 3.34. The summed E-state index contributed by atoms with van der Waals surface area (Å²) in [6.45, 7) is 0.864. The van der Waals surface area contributed by atoms with Crippen LogP contribution in [-0.2, 0) is 14.8 Å². The van der Waals surface area contributed by atoms with Gasteiger partial charge in [-0.05, 0) is 40.9 Å². The van der Waals surface area contributed by atoms with Crippen molar-refractivity contribution < 1.29 is 13.2 Å². The molecule has 0 aromatic carbocycles. The first-order chi connectivity index (χ1) is 8.04. The number of thiophene rings is 1. The summed E-state index contributed by atoms with van der Waals surface area (Å²) in [5.41, 5.74) is 0. The number of hydrogen-bond donors (Lipinski definition) is 0. The zero-order chi connectivity index (χ0) is 12.5. The molecule has 1 saturated heterocycles. The smallest absolute Gasteiger partial charge is 0.252 e. The third-order valence-electron chi connectivity index (χ3n) is 2.83. The van der Waals surface area contributed by atoms with Crippen LogP contribution < -0.4 is 0 Å². The molecule has 4 nitrogen and oxygen atoms in total. The van der Waals surface area contributed by atoms with Crippen molar-refractivity contribution in [1.82, 2.24) is 4.31 Å². The van der Waals surface area contributed by atoms with Crippen LogP contribution >= 0.6 is 27.3 Å². The van der Waals surface area contributed by atoms with E-state index in [0.717, 1.165) is 10.1 Å². The molecule has 2 heterocycles. The predicted octanol–water partition coefficient (Wildman–Crippen LogP) is 2.11. The number of hydrogen-bond acceptors (Lipinski definition) is 4. The number of sulfonamides is 1. The number of aldehydes is 1. The second-order valence-electron chi connectivity index (χ2n) is 3.94. The fraction of sp³-hybridized carbons (Fsp3) is 0.500. The summed E-state index contributed by atoms with van der Waals surface area (Å²) >= 11 is 4.47. The molecule has 1 aromatic rings. The molecule has 1 fully saturated rings. The average Bonchev–Trinajstić information content (AvgIpc) is 2.77. The number of carbonyl (C=O) groups excluding carboxylic acids is 1. The summed E-state index contributed by atoms with van der Waals surface area (Å²) in [5, 5.41) is 0. The minimum absolute atomic E-state index is 0.0107. The van der Waals surface area contributed by atoms with E-state index < -0.39 is 10.0 Å². The maximum atomic E-state index is 12.2. The molecule has 2 rings (SSSR count). The minimum Gasteiger partial charge on any atom is -0.303 e. The first kappa shape index (κ1) is 13.2. The SMILES string of the molecule is O=CC1CCN(S(=O)(=O)c2ccc(Br)s2)CC1. The summed E-state index contributed by atoms with van der Waals surface area (Å²) in [5.74, 6) is 0.0107. The van der Waals surface area contributed by atoms with Crippen molar-refractivity contribution in [3.8, 4) is 0 Å². The second-order valence-corrected chi connectivity index (χ2v) is 8.56. The lowest BCUT2D eigenvalue weighted by atomic mass is 10.0. The lowest BCUT2D eigenvalue weighted by Crippen LogP contribution is -2.38. The van der Waals surface area contributed by atoms with Crippen LogP contribution in [0.2, 0.25) is 0 Å². The molecule has 0 N–H and O–H groups in total. The highest BCUT2D eigenvalue weighted by Crippen LogP contribution is 2.30. The molecule has 0 radical (unpaired) electrons. The topological polar surface area (TPSA) is 54.5 Å². The summed E-state index contributed by atoms with van der Waals surface area (Å²) in [4.78, 5) is 10.6. The second kappa shape index (κ2) is 5.17. The van der Waals surface area contributed by atoms with Gasteiger partial charge in [0.25, 0.3) is 10.0 Å². The Morgan fingerprint density at radius 3 is 2.47 bits per heavy atom. The summed E-state index contributed by atoms with van der Waals surface area (Å²) in [6.07, 6.45) is 2.16. The Balaban J connectivity index is 2.15. The molecule has 0 bridgehead atoms. The third kappa shape index (κ3) is 2.78. The maximum absolute atomic E-state index is 12.2. The molecular formula is C10H12BrNO3S2. The number of carbonyl (C=O) groups is 1. The molecule has 7 heteroatoms. The molecule has 17 heavy (non-hydrogen) atoms. The number of piperidine rings is 1. The van der Waals surface area contributed by atoms with Crippen LogP contribution in [0.1, 0.15) is 12.8 Å². The van der Waals surface area contributed by atoms with E-state index in [9.17, 15) is 13.2 Å². The monoisotopic (exact) mass is 337 g/mol. The molecule has 0 spiro atoms. The van der Waals surface area contributed by atoms with Gasteiger partial charge in [-0.2, -0.15) is 4.31 Å². The molecular weight excluding hydrogens is 326 g/mol. The van der Waals surface area contributed by atoms with E-state index in [1.807, 2.05) is 0 Å². The normalized spacial score (nSPS) is 19.4. The van der Waals surface area contributed by atoms with Crippen molar-refractivity contribution in [1.29, 1.82) is 0 Å². The van der Waals surface area contributed by atoms with E-state index in [0.29, 0.717) is 30.1 Å². The van der Waals surface area contributed by atoms with Gasteiger partial charge < -0.3 is 4.79 Å². The highest BCUT2D eigenvalue weighted by Gasteiger charge is 2.30. The van der Waals surface area contributed by atoms with Crippen molar-refractivity contribution in [2.75, 3.05) is 13.1 Å². The van der Waals surface area contributed by atoms with E-state index in [1.165, 1.54) is 15.6 Å². The highest BCUT2D eigenvalue weighted by atomic mass is 79.9. The highest BCUT2D eigenvalue weighted by molar-refractivity contribution is 9.11. The van der Waals surface area contributed by atoms with E-state index >= 15 is 0 Å². The van der Waals surface area contributed by atoms with E-state index in [2.05, 4.69) is 15.9 Å². The van der Waals surface area contributed by atoms with Gasteiger partial charge in [-0.15, -0.1) is 11.3 Å². The Kier molecular flexibility index (Phi) is 4.02. The quantitative estimate of drug-likeness (QED) is 0.793. The largest absolute Gasteiger partial charge is 0.303 e. The van der Waals surface area contributed by atoms with Crippen molar-refractivity contribution in [2.45, 2.75) is 17.1 Å². The van der Waals surface area contributed by atoms with Gasteiger partial charge in [-0.25, -0.2) is 8.42 Å². The number of halogens is 1. The molecule has 1 aliphatic heterocycles. The lowest BCUT2D eigenvalue weighted by Gasteiger charge is -2.28. The Hall–Kier alpha value is -0.240. The van der Waals surface area contributed by atoms with Crippen LogP contribution in [0.4, 0.5) is 0 Å². The van der Waals surface area contributed by atoms with Crippen molar-refractivity contribution in [3.05, 3.63) is 15.9 Å². The first-order valence-electron chi connectivity index (χ1n) is 5.25. The fourth-order valence-electron chi connectivity index (χ4n) is 1.82. The fourth-order valence-corrected chi connectivity index (χ4v) is 5.45. The summed E-state index contributed by atoms with van der Waals surface area (Å²) < 4.78 is 27.1. The Morgan fingerprint density at radius 2 is 2.00 bits per heavy atom. The van der Waals surface area contributed by atoms with Gasteiger partial charge in [-0.1, -0.05) is 0 Å². The van der Waals surface area contributed by atoms with Gasteiger partial charge in [0.15, 0.2) is 0 Å². The average molecular weight is 338 g/mol. The molecule has 0 amide bonds. The lowest BCUT2D eigenvalue weighted by molar-refractivity contribution is -0.112. The summed E-state index contributed by atoms with van der Waals surface area (Å²) in [7, 11) is -3.37. The Bertz CT molecular complexity index is 503. The van der Waals surface area contributed by atoms with Crippen LogP contribution in [0.25, 0.3) is 0 Å². The van der Waals surface area contributed by atoms with Crippen LogP contribution in [0.15, 0.2) is 20.1 Å². The Labute approximate surface area is 113 Å². The maximum Gasteiger partial charge on any atom is 0.252 e. The van der Waals surface area contributed by atoms with Crippen LogP contribution in [-0.4, -0.2) is 32.1 Å². The van der Waals surface area contributed by atoms with Crippen LogP contribution in [0.3, 0.4) is 0 Å². The van der Waals surface area contributed by atoms with Gasteiger partial charge in [0.1, 0.15) is 10.5 Å². The van der Waals surface area contributed by atoms with E-state index in [-0.39, 0.29) is 5.92 Å². The van der Waals surface area contributed by atoms with Crippen molar-refractivity contribution in [3.63, 3.8) is 0 Å². The molecule has 94 valence electrons. The van der Waals surface area contributed by atoms with Crippen LogP contribution in [0.5, 0.6) is 0 Å². The minimum atomic E-state index is -3.37. The molecule has 0 unspecified atom stereocenters. The molecule has 0 atom stereocenters. The Morgan fingerprint density at radius 1 is 1.35 bits per heavy atom. The molecule has 1 aromatic heterocycles.